The van der Waals surface area contributed by atoms with Crippen LogP contribution in [0.2, 0.25) is 5.02 Å². The summed E-state index contributed by atoms with van der Waals surface area (Å²) >= 11 is 6.07. The quantitative estimate of drug-likeness (QED) is 0.924. The Morgan fingerprint density at radius 1 is 1.10 bits per heavy atom. The molecule has 4 heteroatoms. The molecule has 2 rings (SSSR count). The highest BCUT2D eigenvalue weighted by atomic mass is 35.5. The Hall–Kier alpha value is -1.71. The van der Waals surface area contributed by atoms with E-state index in [1.807, 2.05) is 43.3 Å². The van der Waals surface area contributed by atoms with E-state index in [0.717, 1.165) is 16.7 Å². The molecule has 20 heavy (non-hydrogen) atoms. The number of benzene rings is 2. The number of hydrogen-bond acceptors (Lipinski definition) is 3. The molecule has 0 spiro atoms. The molecule has 0 aliphatic carbocycles. The van der Waals surface area contributed by atoms with Crippen LogP contribution in [0.1, 0.15) is 18.5 Å². The number of rotatable bonds is 4. The molecule has 0 amide bonds. The fourth-order valence-electron chi connectivity index (χ4n) is 2.12. The van der Waals surface area contributed by atoms with Gasteiger partial charge in [0.05, 0.1) is 14.2 Å². The van der Waals surface area contributed by atoms with Gasteiger partial charge in [-0.2, -0.15) is 0 Å². The molecule has 0 bridgehead atoms. The van der Waals surface area contributed by atoms with Crippen molar-refractivity contribution in [1.29, 1.82) is 0 Å². The van der Waals surface area contributed by atoms with E-state index in [9.17, 15) is 0 Å². The van der Waals surface area contributed by atoms with Crippen LogP contribution in [0.5, 0.6) is 11.5 Å². The second-order valence-corrected chi connectivity index (χ2v) is 5.04. The number of halogens is 1. The van der Waals surface area contributed by atoms with Crippen molar-refractivity contribution in [1.82, 2.24) is 0 Å². The van der Waals surface area contributed by atoms with Gasteiger partial charge in [0.25, 0.3) is 0 Å². The van der Waals surface area contributed by atoms with Crippen molar-refractivity contribution in [2.45, 2.75) is 13.0 Å². The molecular weight excluding hydrogens is 274 g/mol. The predicted molar refractivity (Wildman–Crippen MR) is 82.6 cm³/mol. The standard InChI is InChI=1S/C16H18ClNO2/c1-10(18)12-8-14(11-5-4-6-13(17)7-11)16(20-3)15(9-12)19-2/h4-10H,18H2,1-3H3. The molecule has 106 valence electrons. The smallest absolute Gasteiger partial charge is 0.168 e. The summed E-state index contributed by atoms with van der Waals surface area (Å²) < 4.78 is 10.9. The molecule has 0 saturated carbocycles. The van der Waals surface area contributed by atoms with Crippen molar-refractivity contribution in [2.24, 2.45) is 5.73 Å². The second kappa shape index (κ2) is 6.16. The Morgan fingerprint density at radius 2 is 1.85 bits per heavy atom. The molecule has 1 unspecified atom stereocenters. The third kappa shape index (κ3) is 2.89. The number of methoxy groups -OCH3 is 2. The lowest BCUT2D eigenvalue weighted by Gasteiger charge is -2.17. The summed E-state index contributed by atoms with van der Waals surface area (Å²) in [6, 6.07) is 11.4. The average Bonchev–Trinajstić information content (AvgIpc) is 2.45. The molecule has 0 saturated heterocycles. The van der Waals surface area contributed by atoms with Crippen LogP contribution in [-0.2, 0) is 0 Å². The van der Waals surface area contributed by atoms with Gasteiger partial charge in [0, 0.05) is 16.6 Å². The number of nitrogens with two attached hydrogens (primary N) is 1. The van der Waals surface area contributed by atoms with Gasteiger partial charge in [-0.1, -0.05) is 23.7 Å². The molecule has 2 N–H and O–H groups in total. The van der Waals surface area contributed by atoms with E-state index in [0.29, 0.717) is 16.5 Å². The Kier molecular flexibility index (Phi) is 4.53. The molecule has 2 aromatic rings. The van der Waals surface area contributed by atoms with Gasteiger partial charge in [-0.25, -0.2) is 0 Å². The second-order valence-electron chi connectivity index (χ2n) is 4.60. The lowest BCUT2D eigenvalue weighted by molar-refractivity contribution is 0.355. The van der Waals surface area contributed by atoms with Crippen molar-refractivity contribution in [3.05, 3.63) is 47.0 Å². The Balaban J connectivity index is 2.68. The maximum absolute atomic E-state index is 6.07. The summed E-state index contributed by atoms with van der Waals surface area (Å²) in [6.45, 7) is 1.93. The number of hydrogen-bond donors (Lipinski definition) is 1. The highest BCUT2D eigenvalue weighted by molar-refractivity contribution is 6.30. The van der Waals surface area contributed by atoms with Crippen LogP contribution >= 0.6 is 11.6 Å². The summed E-state index contributed by atoms with van der Waals surface area (Å²) in [4.78, 5) is 0. The minimum Gasteiger partial charge on any atom is -0.493 e. The average molecular weight is 292 g/mol. The highest BCUT2D eigenvalue weighted by Crippen LogP contribution is 2.40. The topological polar surface area (TPSA) is 44.5 Å². The summed E-state index contributed by atoms with van der Waals surface area (Å²) in [5.74, 6) is 1.34. The maximum atomic E-state index is 6.07. The zero-order valence-corrected chi connectivity index (χ0v) is 12.6. The largest absolute Gasteiger partial charge is 0.493 e. The first-order valence-electron chi connectivity index (χ1n) is 6.34. The Morgan fingerprint density at radius 3 is 2.40 bits per heavy atom. The maximum Gasteiger partial charge on any atom is 0.168 e. The molecule has 2 aromatic carbocycles. The summed E-state index contributed by atoms with van der Waals surface area (Å²) in [5.41, 5.74) is 8.85. The summed E-state index contributed by atoms with van der Waals surface area (Å²) in [6.07, 6.45) is 0. The lowest BCUT2D eigenvalue weighted by atomic mass is 9.98. The molecule has 3 nitrogen and oxygen atoms in total. The van der Waals surface area contributed by atoms with Crippen molar-refractivity contribution >= 4 is 11.6 Å². The monoisotopic (exact) mass is 291 g/mol. The predicted octanol–water partition coefficient (Wildman–Crippen LogP) is 4.04. The molecule has 0 heterocycles. The first-order valence-corrected chi connectivity index (χ1v) is 6.72. The van der Waals surface area contributed by atoms with Crippen molar-refractivity contribution < 1.29 is 9.47 Å². The molecule has 0 aliphatic rings. The van der Waals surface area contributed by atoms with Crippen molar-refractivity contribution in [3.8, 4) is 22.6 Å². The molecule has 0 aromatic heterocycles. The fraction of sp³-hybridized carbons (Fsp3) is 0.250. The highest BCUT2D eigenvalue weighted by Gasteiger charge is 2.15. The van der Waals surface area contributed by atoms with Gasteiger partial charge in [-0.05, 0) is 42.3 Å². The van der Waals surface area contributed by atoms with Gasteiger partial charge in [0.2, 0.25) is 0 Å². The van der Waals surface area contributed by atoms with Crippen LogP contribution in [-0.4, -0.2) is 14.2 Å². The van der Waals surface area contributed by atoms with E-state index in [2.05, 4.69) is 0 Å². The van der Waals surface area contributed by atoms with Crippen LogP contribution < -0.4 is 15.2 Å². The van der Waals surface area contributed by atoms with Crippen LogP contribution in [0.3, 0.4) is 0 Å². The van der Waals surface area contributed by atoms with E-state index in [1.165, 1.54) is 0 Å². The van der Waals surface area contributed by atoms with Gasteiger partial charge in [-0.15, -0.1) is 0 Å². The van der Waals surface area contributed by atoms with Gasteiger partial charge >= 0.3 is 0 Å². The summed E-state index contributed by atoms with van der Waals surface area (Å²) in [7, 11) is 3.24. The Labute approximate surface area is 124 Å². The van der Waals surface area contributed by atoms with Crippen LogP contribution in [0.15, 0.2) is 36.4 Å². The van der Waals surface area contributed by atoms with Crippen LogP contribution in [0.4, 0.5) is 0 Å². The van der Waals surface area contributed by atoms with Gasteiger partial charge in [-0.3, -0.25) is 0 Å². The van der Waals surface area contributed by atoms with Gasteiger partial charge in [0.1, 0.15) is 0 Å². The molecule has 1 atom stereocenters. The van der Waals surface area contributed by atoms with Crippen molar-refractivity contribution in [2.75, 3.05) is 14.2 Å². The normalized spacial score (nSPS) is 12.1. The van der Waals surface area contributed by atoms with Gasteiger partial charge in [0.15, 0.2) is 11.5 Å². The molecule has 0 radical (unpaired) electrons. The van der Waals surface area contributed by atoms with Crippen LogP contribution in [0, 0.1) is 0 Å². The lowest BCUT2D eigenvalue weighted by Crippen LogP contribution is -2.06. The summed E-state index contributed by atoms with van der Waals surface area (Å²) in [5, 5.41) is 0.676. The van der Waals surface area contributed by atoms with Crippen molar-refractivity contribution in [3.63, 3.8) is 0 Å². The fourth-order valence-corrected chi connectivity index (χ4v) is 2.31. The first-order chi connectivity index (χ1) is 9.56. The Bertz CT molecular complexity index is 611. The first kappa shape index (κ1) is 14.7. The molecule has 0 fully saturated rings. The van der Waals surface area contributed by atoms with E-state index in [1.54, 1.807) is 14.2 Å². The van der Waals surface area contributed by atoms with E-state index < -0.39 is 0 Å². The van der Waals surface area contributed by atoms with Gasteiger partial charge < -0.3 is 15.2 Å². The minimum absolute atomic E-state index is 0.0901. The number of ether oxygens (including phenoxy) is 2. The third-order valence-electron chi connectivity index (χ3n) is 3.16. The molecular formula is C16H18ClNO2. The SMILES string of the molecule is COc1cc(C(C)N)cc(-c2cccc(Cl)c2)c1OC. The minimum atomic E-state index is -0.0901. The molecule has 0 aliphatic heterocycles. The van der Waals surface area contributed by atoms with E-state index >= 15 is 0 Å². The van der Waals surface area contributed by atoms with Crippen LogP contribution in [0.25, 0.3) is 11.1 Å². The third-order valence-corrected chi connectivity index (χ3v) is 3.40. The zero-order valence-electron chi connectivity index (χ0n) is 11.8. The van der Waals surface area contributed by atoms with E-state index in [-0.39, 0.29) is 6.04 Å². The zero-order chi connectivity index (χ0) is 14.7. The van der Waals surface area contributed by atoms with E-state index in [4.69, 9.17) is 26.8 Å².